The number of ether oxygens (including phenoxy) is 1. The highest BCUT2D eigenvalue weighted by Gasteiger charge is 2.11. The first-order valence-corrected chi connectivity index (χ1v) is 9.55. The van der Waals surface area contributed by atoms with E-state index >= 15 is 0 Å². The molecule has 0 radical (unpaired) electrons. The summed E-state index contributed by atoms with van der Waals surface area (Å²) in [5.41, 5.74) is 2.08. The number of aromatic nitrogens is 2. The lowest BCUT2D eigenvalue weighted by molar-refractivity contribution is 0.102. The van der Waals surface area contributed by atoms with Crippen LogP contribution in [0.25, 0.3) is 11.4 Å². The monoisotopic (exact) mass is 367 g/mol. The summed E-state index contributed by atoms with van der Waals surface area (Å²) in [5.74, 6) is 0.507. The Bertz CT molecular complexity index is 849. The molecule has 0 unspecified atom stereocenters. The van der Waals surface area contributed by atoms with Gasteiger partial charge in [0.1, 0.15) is 11.4 Å². The summed E-state index contributed by atoms with van der Waals surface area (Å²) in [6, 6.07) is 12.9. The number of carbonyl (C=O) groups is 1. The van der Waals surface area contributed by atoms with Crippen LogP contribution >= 0.6 is 11.3 Å². The molecule has 134 valence electrons. The largest absolute Gasteiger partial charge is 0.494 e. The van der Waals surface area contributed by atoms with Gasteiger partial charge < -0.3 is 4.74 Å². The maximum absolute atomic E-state index is 12.5. The highest BCUT2D eigenvalue weighted by atomic mass is 32.1. The van der Waals surface area contributed by atoms with Crippen molar-refractivity contribution in [2.45, 2.75) is 26.2 Å². The van der Waals surface area contributed by atoms with Crippen molar-refractivity contribution in [3.63, 3.8) is 0 Å². The van der Waals surface area contributed by atoms with Crippen LogP contribution in [0, 0.1) is 0 Å². The zero-order chi connectivity index (χ0) is 18.2. The van der Waals surface area contributed by atoms with Crippen molar-refractivity contribution in [3.05, 3.63) is 59.6 Å². The second-order valence-electron chi connectivity index (χ2n) is 5.79. The summed E-state index contributed by atoms with van der Waals surface area (Å²) >= 11 is 1.38. The van der Waals surface area contributed by atoms with Crippen LogP contribution in [-0.4, -0.2) is 22.5 Å². The van der Waals surface area contributed by atoms with Crippen LogP contribution < -0.4 is 10.1 Å². The van der Waals surface area contributed by atoms with E-state index in [1.54, 1.807) is 18.3 Å². The van der Waals surface area contributed by atoms with Crippen LogP contribution in [0.2, 0.25) is 0 Å². The molecule has 0 atom stereocenters. The van der Waals surface area contributed by atoms with Gasteiger partial charge in [-0.25, -0.2) is 4.98 Å². The molecule has 6 heteroatoms. The molecular weight excluding hydrogens is 346 g/mol. The van der Waals surface area contributed by atoms with Gasteiger partial charge >= 0.3 is 0 Å². The molecule has 1 amide bonds. The second kappa shape index (κ2) is 9.10. The first-order valence-electron chi connectivity index (χ1n) is 8.67. The predicted molar refractivity (Wildman–Crippen MR) is 105 cm³/mol. The van der Waals surface area contributed by atoms with Gasteiger partial charge in [-0.15, -0.1) is 11.3 Å². The first-order chi connectivity index (χ1) is 12.8. The Hall–Kier alpha value is -2.73. The van der Waals surface area contributed by atoms with E-state index in [2.05, 4.69) is 22.2 Å². The van der Waals surface area contributed by atoms with Gasteiger partial charge in [-0.1, -0.05) is 31.9 Å². The number of pyridine rings is 1. The number of rotatable bonds is 8. The van der Waals surface area contributed by atoms with Crippen LogP contribution in [0.1, 0.15) is 36.5 Å². The number of benzene rings is 1. The molecule has 0 spiro atoms. The molecule has 2 aromatic heterocycles. The summed E-state index contributed by atoms with van der Waals surface area (Å²) in [5, 5.41) is 5.26. The van der Waals surface area contributed by atoms with E-state index in [0.717, 1.165) is 30.7 Å². The molecule has 2 heterocycles. The third kappa shape index (κ3) is 4.89. The van der Waals surface area contributed by atoms with E-state index in [0.29, 0.717) is 23.1 Å². The van der Waals surface area contributed by atoms with Crippen molar-refractivity contribution in [2.24, 2.45) is 0 Å². The fourth-order valence-corrected chi connectivity index (χ4v) is 3.10. The molecule has 0 aliphatic heterocycles. The Kier molecular flexibility index (Phi) is 6.33. The Morgan fingerprint density at radius 3 is 2.88 bits per heavy atom. The maximum atomic E-state index is 12.5. The quantitative estimate of drug-likeness (QED) is 0.567. The van der Waals surface area contributed by atoms with Gasteiger partial charge in [0.15, 0.2) is 5.13 Å². The number of nitrogens with one attached hydrogen (secondary N) is 1. The molecule has 5 nitrogen and oxygen atoms in total. The standard InChI is InChI=1S/C20H21N3O2S/c1-2-3-6-12-25-16-9-7-8-15(13-16)19(24)23-20-22-18(14-26-20)17-10-4-5-11-21-17/h4-5,7-11,13-14H,2-3,6,12H2,1H3,(H,22,23,24). The summed E-state index contributed by atoms with van der Waals surface area (Å²) in [7, 11) is 0. The Balaban J connectivity index is 1.62. The van der Waals surface area contributed by atoms with Gasteiger partial charge in [0.05, 0.1) is 12.3 Å². The minimum Gasteiger partial charge on any atom is -0.494 e. The van der Waals surface area contributed by atoms with Crippen molar-refractivity contribution < 1.29 is 9.53 Å². The molecule has 0 saturated carbocycles. The van der Waals surface area contributed by atoms with E-state index in [1.165, 1.54) is 11.3 Å². The fraction of sp³-hybridized carbons (Fsp3) is 0.250. The van der Waals surface area contributed by atoms with E-state index in [9.17, 15) is 4.79 Å². The summed E-state index contributed by atoms with van der Waals surface area (Å²) < 4.78 is 5.71. The van der Waals surface area contributed by atoms with Gasteiger partial charge in [-0.2, -0.15) is 0 Å². The van der Waals surface area contributed by atoms with Crippen LogP contribution in [0.5, 0.6) is 5.75 Å². The molecule has 26 heavy (non-hydrogen) atoms. The third-order valence-corrected chi connectivity index (χ3v) is 4.52. The van der Waals surface area contributed by atoms with Crippen LogP contribution in [-0.2, 0) is 0 Å². The number of carbonyl (C=O) groups excluding carboxylic acids is 1. The third-order valence-electron chi connectivity index (χ3n) is 3.76. The SMILES string of the molecule is CCCCCOc1cccc(C(=O)Nc2nc(-c3ccccn3)cs2)c1. The zero-order valence-corrected chi connectivity index (χ0v) is 15.5. The normalized spacial score (nSPS) is 10.5. The molecule has 3 aromatic rings. The average molecular weight is 367 g/mol. The Labute approximate surface area is 157 Å². The lowest BCUT2D eigenvalue weighted by Crippen LogP contribution is -2.12. The summed E-state index contributed by atoms with van der Waals surface area (Å²) in [4.78, 5) is 21.2. The van der Waals surface area contributed by atoms with E-state index in [1.807, 2.05) is 35.7 Å². The molecule has 0 saturated heterocycles. The van der Waals surface area contributed by atoms with E-state index < -0.39 is 0 Å². The minimum absolute atomic E-state index is 0.203. The molecule has 1 aromatic carbocycles. The number of amides is 1. The van der Waals surface area contributed by atoms with Crippen LogP contribution in [0.4, 0.5) is 5.13 Å². The van der Waals surface area contributed by atoms with Gasteiger partial charge in [0.2, 0.25) is 0 Å². The number of thiazole rings is 1. The molecule has 0 fully saturated rings. The van der Waals surface area contributed by atoms with Crippen molar-refractivity contribution >= 4 is 22.4 Å². The topological polar surface area (TPSA) is 64.1 Å². The number of nitrogens with zero attached hydrogens (tertiary/aromatic N) is 2. The second-order valence-corrected chi connectivity index (χ2v) is 6.65. The lowest BCUT2D eigenvalue weighted by atomic mass is 10.2. The van der Waals surface area contributed by atoms with Crippen molar-refractivity contribution in [1.82, 2.24) is 9.97 Å². The number of anilines is 1. The highest BCUT2D eigenvalue weighted by Crippen LogP contribution is 2.24. The summed E-state index contributed by atoms with van der Waals surface area (Å²) in [6.45, 7) is 2.82. The lowest BCUT2D eigenvalue weighted by Gasteiger charge is -2.07. The molecule has 0 aliphatic carbocycles. The molecule has 0 bridgehead atoms. The van der Waals surface area contributed by atoms with Crippen molar-refractivity contribution in [1.29, 1.82) is 0 Å². The number of unbranched alkanes of at least 4 members (excludes halogenated alkanes) is 2. The van der Waals surface area contributed by atoms with Crippen molar-refractivity contribution in [2.75, 3.05) is 11.9 Å². The fourth-order valence-electron chi connectivity index (χ4n) is 2.40. The number of hydrogen-bond donors (Lipinski definition) is 1. The molecule has 0 aliphatic rings. The number of hydrogen-bond acceptors (Lipinski definition) is 5. The van der Waals surface area contributed by atoms with Gasteiger partial charge in [0, 0.05) is 17.1 Å². The maximum Gasteiger partial charge on any atom is 0.257 e. The van der Waals surface area contributed by atoms with Gasteiger partial charge in [0.25, 0.3) is 5.91 Å². The smallest absolute Gasteiger partial charge is 0.257 e. The average Bonchev–Trinajstić information content (AvgIpc) is 3.15. The van der Waals surface area contributed by atoms with E-state index in [-0.39, 0.29) is 5.91 Å². The Morgan fingerprint density at radius 2 is 2.08 bits per heavy atom. The predicted octanol–water partition coefficient (Wildman–Crippen LogP) is 5.03. The van der Waals surface area contributed by atoms with Crippen LogP contribution in [0.3, 0.4) is 0 Å². The minimum atomic E-state index is -0.203. The van der Waals surface area contributed by atoms with Crippen molar-refractivity contribution in [3.8, 4) is 17.1 Å². The van der Waals surface area contributed by atoms with Crippen LogP contribution in [0.15, 0.2) is 54.0 Å². The Morgan fingerprint density at radius 1 is 1.15 bits per heavy atom. The molecule has 1 N–H and O–H groups in total. The zero-order valence-electron chi connectivity index (χ0n) is 14.6. The molecular formula is C20H21N3O2S. The first kappa shape index (κ1) is 18.1. The molecule has 3 rings (SSSR count). The highest BCUT2D eigenvalue weighted by molar-refractivity contribution is 7.14. The summed E-state index contributed by atoms with van der Waals surface area (Å²) in [6.07, 6.45) is 5.03. The van der Waals surface area contributed by atoms with E-state index in [4.69, 9.17) is 4.74 Å². The van der Waals surface area contributed by atoms with Gasteiger partial charge in [-0.3, -0.25) is 15.1 Å². The van der Waals surface area contributed by atoms with Gasteiger partial charge in [-0.05, 0) is 36.8 Å².